The van der Waals surface area contributed by atoms with Crippen LogP contribution in [-0.4, -0.2) is 45.6 Å². The lowest BCUT2D eigenvalue weighted by Crippen LogP contribution is -2.23. The van der Waals surface area contributed by atoms with E-state index in [2.05, 4.69) is 17.2 Å². The maximum Gasteiger partial charge on any atom is 0.297 e. The first-order valence-electron chi connectivity index (χ1n) is 6.65. The molecule has 116 valence electrons. The summed E-state index contributed by atoms with van der Waals surface area (Å²) in [7, 11) is -3.67. The minimum atomic E-state index is -3.67. The number of nitrogens with zero attached hydrogens (tertiary/aromatic N) is 1. The molecule has 0 amide bonds. The molecular weight excluding hydrogens is 310 g/mol. The number of hydrogen-bond donors (Lipinski definition) is 0. The lowest BCUT2D eigenvalue weighted by atomic mass is 10.4. The highest BCUT2D eigenvalue weighted by Gasteiger charge is 2.14. The summed E-state index contributed by atoms with van der Waals surface area (Å²) in [4.78, 5) is 2.38. The van der Waals surface area contributed by atoms with Gasteiger partial charge in [0.15, 0.2) is 0 Å². The van der Waals surface area contributed by atoms with Gasteiger partial charge in [0.2, 0.25) is 0 Å². The molecule has 0 fully saturated rings. The normalized spacial score (nSPS) is 15.3. The molecule has 0 radical (unpaired) electrons. The molecule has 0 unspecified atom stereocenters. The molecule has 0 atom stereocenters. The van der Waals surface area contributed by atoms with E-state index >= 15 is 0 Å². The van der Waals surface area contributed by atoms with Crippen molar-refractivity contribution < 1.29 is 17.3 Å². The summed E-state index contributed by atoms with van der Waals surface area (Å²) in [5, 5.41) is 2.12. The number of ether oxygens (including phenoxy) is 1. The van der Waals surface area contributed by atoms with Crippen LogP contribution >= 0.6 is 11.8 Å². The highest BCUT2D eigenvalue weighted by molar-refractivity contribution is 8.02. The Hall–Kier alpha value is -1.02. The van der Waals surface area contributed by atoms with Gasteiger partial charge in [-0.1, -0.05) is 18.2 Å². The van der Waals surface area contributed by atoms with E-state index in [0.29, 0.717) is 6.61 Å². The lowest BCUT2D eigenvalue weighted by Gasteiger charge is -2.18. The molecule has 0 N–H and O–H groups in total. The van der Waals surface area contributed by atoms with E-state index in [4.69, 9.17) is 8.92 Å². The molecule has 1 aromatic rings. The molecule has 0 aromatic heterocycles. The van der Waals surface area contributed by atoms with E-state index in [9.17, 15) is 8.42 Å². The number of thioether (sulfide) groups is 1. The van der Waals surface area contributed by atoms with Crippen LogP contribution in [0.2, 0.25) is 0 Å². The second-order valence-electron chi connectivity index (χ2n) is 4.52. The molecule has 1 aromatic carbocycles. The van der Waals surface area contributed by atoms with Gasteiger partial charge < -0.3 is 9.64 Å². The number of hydrogen-bond acceptors (Lipinski definition) is 6. The van der Waals surface area contributed by atoms with Crippen LogP contribution in [0.5, 0.6) is 0 Å². The summed E-state index contributed by atoms with van der Waals surface area (Å²) < 4.78 is 34.0. The van der Waals surface area contributed by atoms with Crippen molar-refractivity contribution in [2.45, 2.75) is 11.8 Å². The van der Waals surface area contributed by atoms with Gasteiger partial charge in [0.1, 0.15) is 0 Å². The fraction of sp³-hybridized carbons (Fsp3) is 0.429. The van der Waals surface area contributed by atoms with E-state index in [-0.39, 0.29) is 18.1 Å². The monoisotopic (exact) mass is 329 g/mol. The van der Waals surface area contributed by atoms with Gasteiger partial charge in [0, 0.05) is 12.2 Å². The van der Waals surface area contributed by atoms with Crippen LogP contribution < -0.4 is 0 Å². The molecule has 1 aliphatic heterocycles. The van der Waals surface area contributed by atoms with E-state index in [1.807, 2.05) is 0 Å². The standard InChI is InChI=1S/C14H19NO4S2/c1-13-11-20-12-15(13)7-8-18-9-10-19-21(16,17)14-5-3-2-4-6-14/h2-6,11H,7-10,12H2,1H3. The zero-order valence-electron chi connectivity index (χ0n) is 11.9. The molecule has 1 aliphatic rings. The van der Waals surface area contributed by atoms with Gasteiger partial charge in [-0.3, -0.25) is 4.18 Å². The van der Waals surface area contributed by atoms with Gasteiger partial charge in [0.25, 0.3) is 10.1 Å². The van der Waals surface area contributed by atoms with Crippen LogP contribution in [0, 0.1) is 0 Å². The van der Waals surface area contributed by atoms with Gasteiger partial charge in [-0.15, -0.1) is 11.8 Å². The largest absolute Gasteiger partial charge is 0.377 e. The molecule has 0 spiro atoms. The molecule has 0 bridgehead atoms. The van der Waals surface area contributed by atoms with Crippen LogP contribution in [-0.2, 0) is 19.0 Å². The van der Waals surface area contributed by atoms with Gasteiger partial charge >= 0.3 is 0 Å². The first-order chi connectivity index (χ1) is 10.1. The van der Waals surface area contributed by atoms with Crippen molar-refractivity contribution in [2.24, 2.45) is 0 Å². The van der Waals surface area contributed by atoms with Gasteiger partial charge in [0.05, 0.1) is 30.6 Å². The average Bonchev–Trinajstić information content (AvgIpc) is 2.89. The van der Waals surface area contributed by atoms with Crippen LogP contribution in [0.1, 0.15) is 6.92 Å². The van der Waals surface area contributed by atoms with E-state index in [0.717, 1.165) is 12.4 Å². The molecule has 0 saturated carbocycles. The predicted molar refractivity (Wildman–Crippen MR) is 83.3 cm³/mol. The quantitative estimate of drug-likeness (QED) is 0.539. The lowest BCUT2D eigenvalue weighted by molar-refractivity contribution is 0.0912. The van der Waals surface area contributed by atoms with Crippen LogP contribution in [0.15, 0.2) is 46.3 Å². The van der Waals surface area contributed by atoms with Crippen molar-refractivity contribution in [3.63, 3.8) is 0 Å². The molecular formula is C14H19NO4S2. The number of allylic oxidation sites excluding steroid dienone is 1. The Balaban J connectivity index is 1.63. The highest BCUT2D eigenvalue weighted by atomic mass is 32.2. The fourth-order valence-electron chi connectivity index (χ4n) is 1.80. The summed E-state index contributed by atoms with van der Waals surface area (Å²) >= 11 is 1.76. The zero-order chi connectivity index (χ0) is 15.1. The Morgan fingerprint density at radius 3 is 2.62 bits per heavy atom. The van der Waals surface area contributed by atoms with Gasteiger partial charge in [-0.2, -0.15) is 8.42 Å². The summed E-state index contributed by atoms with van der Waals surface area (Å²) in [5.74, 6) is 0.952. The second kappa shape index (κ2) is 7.84. The summed E-state index contributed by atoms with van der Waals surface area (Å²) in [5.41, 5.74) is 1.24. The summed E-state index contributed by atoms with van der Waals surface area (Å²) in [6.45, 7) is 3.72. The van der Waals surface area contributed by atoms with Crippen molar-refractivity contribution in [3.8, 4) is 0 Å². The smallest absolute Gasteiger partial charge is 0.297 e. The predicted octanol–water partition coefficient (Wildman–Crippen LogP) is 2.28. The first-order valence-corrected chi connectivity index (χ1v) is 9.11. The molecule has 5 nitrogen and oxygen atoms in total. The van der Waals surface area contributed by atoms with Crippen molar-refractivity contribution >= 4 is 21.9 Å². The summed E-state index contributed by atoms with van der Waals surface area (Å²) in [6.07, 6.45) is 0. The van der Waals surface area contributed by atoms with Gasteiger partial charge in [-0.05, 0) is 24.5 Å². The Morgan fingerprint density at radius 1 is 1.19 bits per heavy atom. The molecule has 2 rings (SSSR count). The maximum absolute atomic E-state index is 11.8. The van der Waals surface area contributed by atoms with Gasteiger partial charge in [-0.25, -0.2) is 0 Å². The van der Waals surface area contributed by atoms with Crippen LogP contribution in [0.4, 0.5) is 0 Å². The Kier molecular flexibility index (Phi) is 6.10. The third-order valence-corrected chi connectivity index (χ3v) is 5.28. The second-order valence-corrected chi connectivity index (χ2v) is 6.96. The van der Waals surface area contributed by atoms with Crippen molar-refractivity contribution in [2.75, 3.05) is 32.2 Å². The van der Waals surface area contributed by atoms with Crippen molar-refractivity contribution in [1.82, 2.24) is 4.90 Å². The molecule has 1 heterocycles. The fourth-order valence-corrected chi connectivity index (χ4v) is 3.69. The van der Waals surface area contributed by atoms with Crippen LogP contribution in [0.25, 0.3) is 0 Å². The van der Waals surface area contributed by atoms with Crippen molar-refractivity contribution in [3.05, 3.63) is 41.4 Å². The first kappa shape index (κ1) is 16.4. The Morgan fingerprint density at radius 2 is 1.95 bits per heavy atom. The third kappa shape index (κ3) is 5.03. The molecule has 21 heavy (non-hydrogen) atoms. The zero-order valence-corrected chi connectivity index (χ0v) is 13.5. The Labute approximate surface area is 130 Å². The van der Waals surface area contributed by atoms with E-state index in [1.54, 1.807) is 30.0 Å². The number of benzene rings is 1. The minimum absolute atomic E-state index is 0.0286. The third-order valence-electron chi connectivity index (χ3n) is 2.99. The van der Waals surface area contributed by atoms with E-state index in [1.165, 1.54) is 17.8 Å². The highest BCUT2D eigenvalue weighted by Crippen LogP contribution is 2.21. The summed E-state index contributed by atoms with van der Waals surface area (Å²) in [6, 6.07) is 8.11. The minimum Gasteiger partial charge on any atom is -0.377 e. The van der Waals surface area contributed by atoms with Crippen molar-refractivity contribution in [1.29, 1.82) is 0 Å². The van der Waals surface area contributed by atoms with E-state index < -0.39 is 10.1 Å². The molecule has 7 heteroatoms. The number of rotatable bonds is 8. The molecule has 0 saturated heterocycles. The van der Waals surface area contributed by atoms with Crippen LogP contribution in [0.3, 0.4) is 0 Å². The topological polar surface area (TPSA) is 55.8 Å². The maximum atomic E-state index is 11.8. The Bertz CT molecular complexity index is 572. The molecule has 0 aliphatic carbocycles. The average molecular weight is 329 g/mol. The SMILES string of the molecule is CC1=CSCN1CCOCCOS(=O)(=O)c1ccccc1.